The molecular weight excluding hydrogens is 162 g/mol. The molecule has 4 N–H and O–H groups in total. The summed E-state index contributed by atoms with van der Waals surface area (Å²) in [5.41, 5.74) is 8.54. The van der Waals surface area contributed by atoms with E-state index in [1.165, 1.54) is 5.56 Å². The maximum Gasteiger partial charge on any atom is 0.120 e. The average Bonchev–Trinajstić information content (AvgIpc) is 2.17. The van der Waals surface area contributed by atoms with Crippen molar-refractivity contribution in [2.75, 3.05) is 5.32 Å². The minimum absolute atomic E-state index is 0.141. The van der Waals surface area contributed by atoms with Crippen molar-refractivity contribution in [2.45, 2.75) is 6.42 Å². The van der Waals surface area contributed by atoms with Gasteiger partial charge in [0.25, 0.3) is 0 Å². The predicted molar refractivity (Wildman–Crippen MR) is 53.8 cm³/mol. The van der Waals surface area contributed by atoms with E-state index in [4.69, 9.17) is 11.1 Å². The van der Waals surface area contributed by atoms with Gasteiger partial charge in [0.1, 0.15) is 5.84 Å². The molecule has 0 saturated heterocycles. The van der Waals surface area contributed by atoms with Gasteiger partial charge < -0.3 is 11.1 Å². The molecule has 13 heavy (non-hydrogen) atoms. The molecule has 0 unspecified atom stereocenters. The third kappa shape index (κ3) is 1.40. The zero-order chi connectivity index (χ0) is 9.26. The van der Waals surface area contributed by atoms with E-state index in [-0.39, 0.29) is 5.84 Å². The molecule has 1 aliphatic heterocycles. The van der Waals surface area contributed by atoms with Crippen molar-refractivity contribution in [3.8, 4) is 0 Å². The minimum Gasteiger partial charge on any atom is -0.384 e. The molecule has 0 spiro atoms. The third-order valence-corrected chi connectivity index (χ3v) is 2.15. The van der Waals surface area contributed by atoms with Gasteiger partial charge in [-0.25, -0.2) is 0 Å². The SMILES string of the molecule is N=C(N)C1=CNc2ccccc2C1. The monoisotopic (exact) mass is 173 g/mol. The van der Waals surface area contributed by atoms with E-state index < -0.39 is 0 Å². The zero-order valence-corrected chi connectivity index (χ0v) is 7.17. The van der Waals surface area contributed by atoms with Crippen molar-refractivity contribution in [3.63, 3.8) is 0 Å². The lowest BCUT2D eigenvalue weighted by Gasteiger charge is -2.16. The number of benzene rings is 1. The summed E-state index contributed by atoms with van der Waals surface area (Å²) >= 11 is 0. The van der Waals surface area contributed by atoms with Crippen LogP contribution in [0.5, 0.6) is 0 Å². The summed E-state index contributed by atoms with van der Waals surface area (Å²) in [7, 11) is 0. The molecule has 0 aromatic heterocycles. The first kappa shape index (κ1) is 7.86. The molecule has 3 nitrogen and oxygen atoms in total. The van der Waals surface area contributed by atoms with Crippen molar-refractivity contribution < 1.29 is 0 Å². The Morgan fingerprint density at radius 3 is 2.92 bits per heavy atom. The summed E-state index contributed by atoms with van der Waals surface area (Å²) in [5.74, 6) is 0.141. The summed E-state index contributed by atoms with van der Waals surface area (Å²) < 4.78 is 0. The number of amidine groups is 1. The highest BCUT2D eigenvalue weighted by atomic mass is 14.9. The fourth-order valence-electron chi connectivity index (χ4n) is 1.41. The standard InChI is InChI=1S/C10H11N3/c11-10(12)8-5-7-3-1-2-4-9(7)13-6-8/h1-4,6,13H,5H2,(H3,11,12). The lowest BCUT2D eigenvalue weighted by molar-refractivity contribution is 1.16. The highest BCUT2D eigenvalue weighted by molar-refractivity contribution is 5.96. The highest BCUT2D eigenvalue weighted by Crippen LogP contribution is 2.22. The van der Waals surface area contributed by atoms with Crippen LogP contribution in [-0.2, 0) is 6.42 Å². The maximum absolute atomic E-state index is 7.30. The molecule has 1 aliphatic rings. The quantitative estimate of drug-likeness (QED) is 0.445. The van der Waals surface area contributed by atoms with Crippen LogP contribution in [-0.4, -0.2) is 5.84 Å². The summed E-state index contributed by atoms with van der Waals surface area (Å²) in [6, 6.07) is 8.03. The highest BCUT2D eigenvalue weighted by Gasteiger charge is 2.10. The normalized spacial score (nSPS) is 14.0. The van der Waals surface area contributed by atoms with E-state index in [9.17, 15) is 0 Å². The molecule has 66 valence electrons. The molecular formula is C10H11N3. The van der Waals surface area contributed by atoms with Gasteiger partial charge in [-0.2, -0.15) is 0 Å². The number of hydrogen-bond acceptors (Lipinski definition) is 2. The first-order valence-corrected chi connectivity index (χ1v) is 4.15. The van der Waals surface area contributed by atoms with Gasteiger partial charge in [-0.15, -0.1) is 0 Å². The van der Waals surface area contributed by atoms with Crippen molar-refractivity contribution in [1.82, 2.24) is 0 Å². The van der Waals surface area contributed by atoms with Gasteiger partial charge in [0, 0.05) is 23.9 Å². The van der Waals surface area contributed by atoms with Gasteiger partial charge in [0.15, 0.2) is 0 Å². The van der Waals surface area contributed by atoms with E-state index >= 15 is 0 Å². The molecule has 0 aliphatic carbocycles. The minimum atomic E-state index is 0.141. The summed E-state index contributed by atoms with van der Waals surface area (Å²) in [6.07, 6.45) is 2.54. The molecule has 3 heteroatoms. The van der Waals surface area contributed by atoms with Gasteiger partial charge in [0.05, 0.1) is 0 Å². The lowest BCUT2D eigenvalue weighted by Crippen LogP contribution is -2.18. The Kier molecular flexibility index (Phi) is 1.77. The van der Waals surface area contributed by atoms with Crippen LogP contribution in [0, 0.1) is 5.41 Å². The molecule has 0 saturated carbocycles. The zero-order valence-electron chi connectivity index (χ0n) is 7.17. The second kappa shape index (κ2) is 2.94. The van der Waals surface area contributed by atoms with Crippen LogP contribution >= 0.6 is 0 Å². The fourth-order valence-corrected chi connectivity index (χ4v) is 1.41. The number of hydrogen-bond donors (Lipinski definition) is 3. The molecule has 0 fully saturated rings. The number of rotatable bonds is 1. The van der Waals surface area contributed by atoms with Gasteiger partial charge in [0.2, 0.25) is 0 Å². The van der Waals surface area contributed by atoms with Crippen LogP contribution in [0.1, 0.15) is 5.56 Å². The molecule has 0 bridgehead atoms. The van der Waals surface area contributed by atoms with E-state index in [1.54, 1.807) is 6.20 Å². The number of nitrogens with two attached hydrogens (primary N) is 1. The van der Waals surface area contributed by atoms with E-state index in [0.717, 1.165) is 17.7 Å². The predicted octanol–water partition coefficient (Wildman–Crippen LogP) is 1.47. The van der Waals surface area contributed by atoms with Gasteiger partial charge in [-0.3, -0.25) is 5.41 Å². The molecule has 1 aromatic rings. The summed E-state index contributed by atoms with van der Waals surface area (Å²) in [5, 5.41) is 10.4. The topological polar surface area (TPSA) is 61.9 Å². The Hall–Kier alpha value is -1.77. The average molecular weight is 173 g/mol. The second-order valence-electron chi connectivity index (χ2n) is 3.06. The summed E-state index contributed by atoms with van der Waals surface area (Å²) in [6.45, 7) is 0. The number of para-hydroxylation sites is 1. The van der Waals surface area contributed by atoms with Crippen LogP contribution in [0.3, 0.4) is 0 Å². The number of fused-ring (bicyclic) bond motifs is 1. The van der Waals surface area contributed by atoms with E-state index in [2.05, 4.69) is 5.32 Å². The van der Waals surface area contributed by atoms with Crippen LogP contribution in [0.2, 0.25) is 0 Å². The van der Waals surface area contributed by atoms with Gasteiger partial charge >= 0.3 is 0 Å². The molecule has 0 amide bonds. The Morgan fingerprint density at radius 1 is 1.38 bits per heavy atom. The second-order valence-corrected chi connectivity index (χ2v) is 3.06. The third-order valence-electron chi connectivity index (χ3n) is 2.15. The lowest BCUT2D eigenvalue weighted by atomic mass is 10.0. The number of nitrogens with one attached hydrogen (secondary N) is 2. The Labute approximate surface area is 76.8 Å². The van der Waals surface area contributed by atoms with Gasteiger partial charge in [-0.05, 0) is 11.6 Å². The smallest absolute Gasteiger partial charge is 0.120 e. The Balaban J connectivity index is 2.33. The molecule has 0 radical (unpaired) electrons. The Bertz CT molecular complexity index is 380. The van der Waals surface area contributed by atoms with Crippen LogP contribution in [0.25, 0.3) is 0 Å². The van der Waals surface area contributed by atoms with E-state index in [0.29, 0.717) is 0 Å². The van der Waals surface area contributed by atoms with Crippen LogP contribution in [0.15, 0.2) is 36.0 Å². The Morgan fingerprint density at radius 2 is 2.15 bits per heavy atom. The first-order chi connectivity index (χ1) is 6.27. The van der Waals surface area contributed by atoms with Crippen molar-refractivity contribution in [2.24, 2.45) is 5.73 Å². The van der Waals surface area contributed by atoms with Crippen LogP contribution in [0.4, 0.5) is 5.69 Å². The van der Waals surface area contributed by atoms with Gasteiger partial charge in [-0.1, -0.05) is 18.2 Å². The largest absolute Gasteiger partial charge is 0.384 e. The molecule has 2 rings (SSSR count). The molecule has 1 heterocycles. The van der Waals surface area contributed by atoms with Crippen molar-refractivity contribution in [1.29, 1.82) is 5.41 Å². The summed E-state index contributed by atoms with van der Waals surface area (Å²) in [4.78, 5) is 0. The van der Waals surface area contributed by atoms with Crippen molar-refractivity contribution >= 4 is 11.5 Å². The fraction of sp³-hybridized carbons (Fsp3) is 0.100. The first-order valence-electron chi connectivity index (χ1n) is 4.15. The molecule has 1 aromatic carbocycles. The van der Waals surface area contributed by atoms with E-state index in [1.807, 2.05) is 24.3 Å². The number of anilines is 1. The maximum atomic E-state index is 7.30. The molecule has 0 atom stereocenters. The van der Waals surface area contributed by atoms with Crippen LogP contribution < -0.4 is 11.1 Å². The van der Waals surface area contributed by atoms with Crippen molar-refractivity contribution in [3.05, 3.63) is 41.6 Å².